The third-order valence-corrected chi connectivity index (χ3v) is 3.10. The fraction of sp³-hybridized carbons (Fsp3) is 0.455. The molecule has 1 atom stereocenters. The van der Waals surface area contributed by atoms with Gasteiger partial charge in [0.25, 0.3) is 5.69 Å². The third-order valence-electron chi connectivity index (χ3n) is 2.78. The quantitative estimate of drug-likeness (QED) is 0.640. The Bertz CT molecular complexity index is 435. The highest BCUT2D eigenvalue weighted by molar-refractivity contribution is 6.32. The molecule has 0 fully saturated rings. The zero-order valence-corrected chi connectivity index (χ0v) is 10.4. The van der Waals surface area contributed by atoms with Crippen LogP contribution in [0.15, 0.2) is 18.2 Å². The maximum absolute atomic E-state index is 10.7. The van der Waals surface area contributed by atoms with Crippen LogP contribution in [-0.4, -0.2) is 16.6 Å². The SMILES string of the molecule is CC(C)(CO)[C@@H](N)c1ccc(Cl)c([N+](=O)[O-])c1. The van der Waals surface area contributed by atoms with Crippen molar-refractivity contribution < 1.29 is 10.0 Å². The molecule has 0 bridgehead atoms. The summed E-state index contributed by atoms with van der Waals surface area (Å²) in [7, 11) is 0. The van der Waals surface area contributed by atoms with Gasteiger partial charge in [0.2, 0.25) is 0 Å². The van der Waals surface area contributed by atoms with Gasteiger partial charge in [0, 0.05) is 24.1 Å². The third kappa shape index (κ3) is 2.94. The molecule has 3 N–H and O–H groups in total. The maximum atomic E-state index is 10.7. The second-order valence-electron chi connectivity index (χ2n) is 4.59. The van der Waals surface area contributed by atoms with Crippen LogP contribution in [0.2, 0.25) is 5.02 Å². The molecule has 0 aliphatic carbocycles. The highest BCUT2D eigenvalue weighted by atomic mass is 35.5. The molecular weight excluding hydrogens is 244 g/mol. The van der Waals surface area contributed by atoms with Crippen LogP contribution < -0.4 is 5.73 Å². The summed E-state index contributed by atoms with van der Waals surface area (Å²) in [5.41, 5.74) is 5.83. The first-order valence-electron chi connectivity index (χ1n) is 5.10. The molecule has 0 aliphatic heterocycles. The van der Waals surface area contributed by atoms with E-state index in [4.69, 9.17) is 17.3 Å². The van der Waals surface area contributed by atoms with E-state index in [0.717, 1.165) is 0 Å². The van der Waals surface area contributed by atoms with Crippen LogP contribution in [0.5, 0.6) is 0 Å². The van der Waals surface area contributed by atoms with E-state index < -0.39 is 16.4 Å². The van der Waals surface area contributed by atoms with E-state index in [1.165, 1.54) is 12.1 Å². The molecule has 0 aliphatic rings. The van der Waals surface area contributed by atoms with E-state index in [2.05, 4.69) is 0 Å². The Hall–Kier alpha value is -1.17. The van der Waals surface area contributed by atoms with Crippen molar-refractivity contribution in [1.82, 2.24) is 0 Å². The Labute approximate surface area is 104 Å². The zero-order chi connectivity index (χ0) is 13.2. The monoisotopic (exact) mass is 258 g/mol. The number of halogens is 1. The molecule has 1 aromatic carbocycles. The van der Waals surface area contributed by atoms with E-state index in [1.54, 1.807) is 19.9 Å². The Morgan fingerprint density at radius 3 is 2.65 bits per heavy atom. The first-order chi connectivity index (χ1) is 7.79. The highest BCUT2D eigenvalue weighted by Crippen LogP contribution is 2.34. The molecule has 1 rings (SSSR count). The van der Waals surface area contributed by atoms with Gasteiger partial charge in [0.15, 0.2) is 0 Å². The van der Waals surface area contributed by atoms with Crippen LogP contribution in [-0.2, 0) is 0 Å². The Balaban J connectivity index is 3.16. The van der Waals surface area contributed by atoms with Gasteiger partial charge >= 0.3 is 0 Å². The molecule has 0 aromatic heterocycles. The summed E-state index contributed by atoms with van der Waals surface area (Å²) in [6.45, 7) is 3.47. The van der Waals surface area contributed by atoms with E-state index in [0.29, 0.717) is 5.56 Å². The number of aliphatic hydroxyl groups excluding tert-OH is 1. The maximum Gasteiger partial charge on any atom is 0.288 e. The molecule has 6 heteroatoms. The number of nitrogens with two attached hydrogens (primary N) is 1. The minimum atomic E-state index is -0.554. The number of hydrogen-bond donors (Lipinski definition) is 2. The van der Waals surface area contributed by atoms with Gasteiger partial charge in [-0.2, -0.15) is 0 Å². The predicted octanol–water partition coefficient (Wildman–Crippen LogP) is 2.27. The second kappa shape index (κ2) is 5.00. The summed E-state index contributed by atoms with van der Waals surface area (Å²) in [5.74, 6) is 0. The van der Waals surface area contributed by atoms with E-state index in [-0.39, 0.29) is 17.3 Å². The van der Waals surface area contributed by atoms with Crippen molar-refractivity contribution in [2.24, 2.45) is 11.1 Å². The minimum Gasteiger partial charge on any atom is -0.396 e. The number of nitro groups is 1. The predicted molar refractivity (Wildman–Crippen MR) is 65.9 cm³/mol. The molecule has 0 amide bonds. The van der Waals surface area contributed by atoms with Crippen molar-refractivity contribution in [3.63, 3.8) is 0 Å². The smallest absolute Gasteiger partial charge is 0.288 e. The van der Waals surface area contributed by atoms with Crippen molar-refractivity contribution in [3.05, 3.63) is 38.9 Å². The van der Waals surface area contributed by atoms with Crippen LogP contribution >= 0.6 is 11.6 Å². The molecule has 17 heavy (non-hydrogen) atoms. The van der Waals surface area contributed by atoms with Crippen LogP contribution in [0.4, 0.5) is 5.69 Å². The van der Waals surface area contributed by atoms with Gasteiger partial charge in [-0.05, 0) is 11.6 Å². The lowest BCUT2D eigenvalue weighted by Crippen LogP contribution is -2.32. The molecular formula is C11H15ClN2O3. The first kappa shape index (κ1) is 13.9. The number of nitrogens with zero attached hydrogens (tertiary/aromatic N) is 1. The van der Waals surface area contributed by atoms with E-state index in [1.807, 2.05) is 0 Å². The first-order valence-corrected chi connectivity index (χ1v) is 5.47. The second-order valence-corrected chi connectivity index (χ2v) is 5.00. The molecule has 0 saturated carbocycles. The Morgan fingerprint density at radius 1 is 1.59 bits per heavy atom. The zero-order valence-electron chi connectivity index (χ0n) is 9.68. The largest absolute Gasteiger partial charge is 0.396 e. The summed E-state index contributed by atoms with van der Waals surface area (Å²) >= 11 is 5.71. The molecule has 0 spiro atoms. The van der Waals surface area contributed by atoms with Gasteiger partial charge < -0.3 is 10.8 Å². The Morgan fingerprint density at radius 2 is 2.18 bits per heavy atom. The van der Waals surface area contributed by atoms with Gasteiger partial charge in [-0.3, -0.25) is 10.1 Å². The van der Waals surface area contributed by atoms with Crippen molar-refractivity contribution in [1.29, 1.82) is 0 Å². The van der Waals surface area contributed by atoms with E-state index >= 15 is 0 Å². The molecule has 0 heterocycles. The summed E-state index contributed by atoms with van der Waals surface area (Å²) in [6, 6.07) is 3.94. The lowest BCUT2D eigenvalue weighted by molar-refractivity contribution is -0.384. The lowest BCUT2D eigenvalue weighted by Gasteiger charge is -2.29. The molecule has 0 radical (unpaired) electrons. The summed E-state index contributed by atoms with van der Waals surface area (Å²) in [6.07, 6.45) is 0. The lowest BCUT2D eigenvalue weighted by atomic mass is 9.82. The normalized spacial score (nSPS) is 13.5. The number of hydrogen-bond acceptors (Lipinski definition) is 4. The summed E-state index contributed by atoms with van der Waals surface area (Å²) in [5, 5.41) is 20.0. The van der Waals surface area contributed by atoms with Crippen molar-refractivity contribution >= 4 is 17.3 Å². The number of benzene rings is 1. The van der Waals surface area contributed by atoms with Gasteiger partial charge in [0.05, 0.1) is 4.92 Å². The van der Waals surface area contributed by atoms with Crippen molar-refractivity contribution in [2.45, 2.75) is 19.9 Å². The van der Waals surface area contributed by atoms with Gasteiger partial charge in [-0.25, -0.2) is 0 Å². The standard InChI is InChI=1S/C11H15ClN2O3/c1-11(2,6-15)10(13)7-3-4-8(12)9(5-7)14(16)17/h3-5,10,15H,6,13H2,1-2H3/t10-/m0/s1. The summed E-state index contributed by atoms with van der Waals surface area (Å²) in [4.78, 5) is 10.2. The minimum absolute atomic E-state index is 0.0766. The van der Waals surface area contributed by atoms with Crippen LogP contribution in [0.25, 0.3) is 0 Å². The number of rotatable bonds is 4. The van der Waals surface area contributed by atoms with Gasteiger partial charge in [-0.1, -0.05) is 31.5 Å². The number of nitro benzene ring substituents is 1. The molecule has 0 unspecified atom stereocenters. The van der Waals surface area contributed by atoms with Gasteiger partial charge in [-0.15, -0.1) is 0 Å². The molecule has 0 saturated heterocycles. The fourth-order valence-corrected chi connectivity index (χ4v) is 1.60. The van der Waals surface area contributed by atoms with E-state index in [9.17, 15) is 15.2 Å². The van der Waals surface area contributed by atoms with Gasteiger partial charge in [0.1, 0.15) is 5.02 Å². The fourth-order valence-electron chi connectivity index (χ4n) is 1.41. The topological polar surface area (TPSA) is 89.4 Å². The van der Waals surface area contributed by atoms with Crippen molar-refractivity contribution in [3.8, 4) is 0 Å². The van der Waals surface area contributed by atoms with Crippen LogP contribution in [0.1, 0.15) is 25.5 Å². The molecule has 94 valence electrons. The van der Waals surface area contributed by atoms with Crippen LogP contribution in [0, 0.1) is 15.5 Å². The average Bonchev–Trinajstić information content (AvgIpc) is 2.28. The highest BCUT2D eigenvalue weighted by Gasteiger charge is 2.28. The number of aliphatic hydroxyl groups is 1. The average molecular weight is 259 g/mol. The molecule has 1 aromatic rings. The summed E-state index contributed by atoms with van der Waals surface area (Å²) < 4.78 is 0. The van der Waals surface area contributed by atoms with Crippen LogP contribution in [0.3, 0.4) is 0 Å². The van der Waals surface area contributed by atoms with Crippen molar-refractivity contribution in [2.75, 3.05) is 6.61 Å². The Kier molecular flexibility index (Phi) is 4.08. The molecule has 5 nitrogen and oxygen atoms in total.